The monoisotopic (exact) mass is 445 g/mol. The number of carbonyl (C=O) groups excluding carboxylic acids is 1. The van der Waals surface area contributed by atoms with Crippen LogP contribution in [0.1, 0.15) is 36.6 Å². The van der Waals surface area contributed by atoms with Crippen LogP contribution in [-0.2, 0) is 11.2 Å². The Kier molecular flexibility index (Phi) is 6.73. The van der Waals surface area contributed by atoms with Gasteiger partial charge in [-0.15, -0.1) is 0 Å². The molecule has 0 bridgehead atoms. The Hall–Kier alpha value is -3.67. The molecule has 0 unspecified atom stereocenters. The number of anilines is 1. The Morgan fingerprint density at radius 3 is 2.61 bits per heavy atom. The quantitative estimate of drug-likeness (QED) is 0.333. The van der Waals surface area contributed by atoms with Gasteiger partial charge in [-0.3, -0.25) is 4.79 Å². The molecule has 4 aromatic rings. The number of fused-ring (bicyclic) bond motifs is 1. The molecule has 2 aromatic heterocycles. The summed E-state index contributed by atoms with van der Waals surface area (Å²) >= 11 is 0. The van der Waals surface area contributed by atoms with Gasteiger partial charge in [0.1, 0.15) is 17.2 Å². The van der Waals surface area contributed by atoms with Crippen LogP contribution in [0.5, 0.6) is 5.75 Å². The molecule has 0 saturated heterocycles. The highest BCUT2D eigenvalue weighted by atomic mass is 19.1. The lowest BCUT2D eigenvalue weighted by molar-refractivity contribution is -0.115. The van der Waals surface area contributed by atoms with Crippen LogP contribution in [0.4, 0.5) is 10.1 Å². The summed E-state index contributed by atoms with van der Waals surface area (Å²) < 4.78 is 21.5. The van der Waals surface area contributed by atoms with Gasteiger partial charge in [0.15, 0.2) is 0 Å². The van der Waals surface area contributed by atoms with E-state index in [-0.39, 0.29) is 18.1 Å². The van der Waals surface area contributed by atoms with Gasteiger partial charge in [-0.25, -0.2) is 9.37 Å². The number of rotatable bonds is 8. The second-order valence-electron chi connectivity index (χ2n) is 8.26. The molecule has 2 heterocycles. The second-order valence-corrected chi connectivity index (χ2v) is 8.26. The summed E-state index contributed by atoms with van der Waals surface area (Å²) in [7, 11) is 0. The van der Waals surface area contributed by atoms with Crippen molar-refractivity contribution in [2.75, 3.05) is 11.9 Å². The molecule has 5 nitrogen and oxygen atoms in total. The van der Waals surface area contributed by atoms with Gasteiger partial charge in [0.25, 0.3) is 0 Å². The third-order valence-corrected chi connectivity index (χ3v) is 5.53. The van der Waals surface area contributed by atoms with Crippen molar-refractivity contribution in [2.45, 2.75) is 40.0 Å². The molecule has 0 spiro atoms. The van der Waals surface area contributed by atoms with E-state index in [0.29, 0.717) is 23.6 Å². The van der Waals surface area contributed by atoms with Gasteiger partial charge in [-0.2, -0.15) is 0 Å². The Bertz CT molecular complexity index is 1280. The highest BCUT2D eigenvalue weighted by Crippen LogP contribution is 2.27. The van der Waals surface area contributed by atoms with Gasteiger partial charge >= 0.3 is 0 Å². The first kappa shape index (κ1) is 22.5. The molecule has 0 aliphatic carbocycles. The van der Waals surface area contributed by atoms with Gasteiger partial charge in [-0.05, 0) is 79.9 Å². The predicted octanol–water partition coefficient (Wildman–Crippen LogP) is 6.12. The minimum absolute atomic E-state index is 0.130. The zero-order valence-electron chi connectivity index (χ0n) is 19.2. The summed E-state index contributed by atoms with van der Waals surface area (Å²) in [6.07, 6.45) is 4.18. The summed E-state index contributed by atoms with van der Waals surface area (Å²) in [5, 5.41) is 2.96. The number of nitrogens with zero attached hydrogens (tertiary/aromatic N) is 2. The highest BCUT2D eigenvalue weighted by molar-refractivity contribution is 5.93. The standard InChI is InChI=1S/C27H28FN3O2/c1-4-5-14-33-22-10-8-21(9-11-22)29-26(32)16-24-27(20-7-12-23(28)19(3)15-20)30-25-13-6-18(2)17-31(24)25/h6-13,15,17H,4-5,14,16H2,1-3H3,(H,29,32). The molecular formula is C27H28FN3O2. The SMILES string of the molecule is CCCCOc1ccc(NC(=O)Cc2c(-c3ccc(F)c(C)c3)nc3ccc(C)cn23)cc1. The van der Waals surface area contributed by atoms with E-state index in [1.165, 1.54) is 6.07 Å². The molecule has 1 N–H and O–H groups in total. The van der Waals surface area contributed by atoms with Crippen LogP contribution < -0.4 is 10.1 Å². The van der Waals surface area contributed by atoms with E-state index in [1.807, 2.05) is 53.9 Å². The van der Waals surface area contributed by atoms with Crippen LogP contribution in [0.25, 0.3) is 16.9 Å². The van der Waals surface area contributed by atoms with E-state index in [0.717, 1.165) is 41.1 Å². The zero-order chi connectivity index (χ0) is 23.4. The van der Waals surface area contributed by atoms with E-state index in [9.17, 15) is 9.18 Å². The minimum atomic E-state index is -0.264. The number of benzene rings is 2. The van der Waals surface area contributed by atoms with Gasteiger partial charge in [-0.1, -0.05) is 19.4 Å². The highest BCUT2D eigenvalue weighted by Gasteiger charge is 2.18. The number of aryl methyl sites for hydroxylation is 2. The number of unbranched alkanes of at least 4 members (excludes halogenated alkanes) is 1. The normalized spacial score (nSPS) is 11.0. The van der Waals surface area contributed by atoms with Crippen LogP contribution in [0, 0.1) is 19.7 Å². The Balaban J connectivity index is 1.58. The maximum Gasteiger partial charge on any atom is 0.230 e. The third kappa shape index (κ3) is 5.22. The molecule has 0 atom stereocenters. The van der Waals surface area contributed by atoms with Crippen LogP contribution in [-0.4, -0.2) is 21.9 Å². The van der Waals surface area contributed by atoms with E-state index in [1.54, 1.807) is 19.1 Å². The van der Waals surface area contributed by atoms with Gasteiger partial charge in [0.2, 0.25) is 5.91 Å². The molecule has 0 fully saturated rings. The number of pyridine rings is 1. The van der Waals surface area contributed by atoms with E-state index < -0.39 is 0 Å². The van der Waals surface area contributed by atoms with Crippen molar-refractivity contribution in [2.24, 2.45) is 0 Å². The van der Waals surface area contributed by atoms with Crippen LogP contribution in [0.15, 0.2) is 60.8 Å². The molecule has 0 aliphatic heterocycles. The number of halogens is 1. The maximum absolute atomic E-state index is 13.8. The first-order chi connectivity index (χ1) is 15.9. The first-order valence-electron chi connectivity index (χ1n) is 11.2. The Morgan fingerprint density at radius 1 is 1.09 bits per heavy atom. The van der Waals surface area contributed by atoms with E-state index in [2.05, 4.69) is 12.2 Å². The minimum Gasteiger partial charge on any atom is -0.494 e. The van der Waals surface area contributed by atoms with Crippen molar-refractivity contribution in [3.05, 3.63) is 83.4 Å². The van der Waals surface area contributed by atoms with Crippen molar-refractivity contribution < 1.29 is 13.9 Å². The Morgan fingerprint density at radius 2 is 1.88 bits per heavy atom. The van der Waals surface area contributed by atoms with Crippen LogP contribution in [0.3, 0.4) is 0 Å². The average Bonchev–Trinajstić information content (AvgIpc) is 3.14. The zero-order valence-corrected chi connectivity index (χ0v) is 19.2. The number of amides is 1. The number of imidazole rings is 1. The maximum atomic E-state index is 13.8. The molecule has 4 rings (SSSR count). The smallest absolute Gasteiger partial charge is 0.230 e. The first-order valence-corrected chi connectivity index (χ1v) is 11.2. The van der Waals surface area contributed by atoms with Crippen LogP contribution in [0.2, 0.25) is 0 Å². The number of carbonyl (C=O) groups is 1. The number of nitrogens with one attached hydrogen (secondary N) is 1. The molecule has 0 radical (unpaired) electrons. The summed E-state index contributed by atoms with van der Waals surface area (Å²) in [4.78, 5) is 17.7. The largest absolute Gasteiger partial charge is 0.494 e. The summed E-state index contributed by atoms with van der Waals surface area (Å²) in [6, 6.07) is 16.2. The van der Waals surface area contributed by atoms with Gasteiger partial charge in [0.05, 0.1) is 24.4 Å². The lowest BCUT2D eigenvalue weighted by atomic mass is 10.1. The molecule has 170 valence electrons. The topological polar surface area (TPSA) is 55.6 Å². The molecular weight excluding hydrogens is 417 g/mol. The van der Waals surface area contributed by atoms with E-state index >= 15 is 0 Å². The van der Waals surface area contributed by atoms with Gasteiger partial charge in [0, 0.05) is 17.4 Å². The lowest BCUT2D eigenvalue weighted by Crippen LogP contribution is -2.16. The van der Waals surface area contributed by atoms with Crippen molar-refractivity contribution in [3.8, 4) is 17.0 Å². The predicted molar refractivity (Wildman–Crippen MR) is 129 cm³/mol. The van der Waals surface area contributed by atoms with E-state index in [4.69, 9.17) is 9.72 Å². The fraction of sp³-hybridized carbons (Fsp3) is 0.259. The van der Waals surface area contributed by atoms with Crippen LogP contribution >= 0.6 is 0 Å². The fourth-order valence-electron chi connectivity index (χ4n) is 3.72. The lowest BCUT2D eigenvalue weighted by Gasteiger charge is -2.10. The molecule has 33 heavy (non-hydrogen) atoms. The molecule has 0 aliphatic rings. The second kappa shape index (κ2) is 9.86. The molecule has 0 saturated carbocycles. The van der Waals surface area contributed by atoms with Crippen molar-refractivity contribution in [3.63, 3.8) is 0 Å². The number of hydrogen-bond acceptors (Lipinski definition) is 3. The van der Waals surface area contributed by atoms with Crippen molar-refractivity contribution >= 4 is 17.2 Å². The number of hydrogen-bond donors (Lipinski definition) is 1. The summed E-state index contributed by atoms with van der Waals surface area (Å²) in [6.45, 7) is 6.52. The fourth-order valence-corrected chi connectivity index (χ4v) is 3.72. The molecule has 6 heteroatoms. The molecule has 1 amide bonds. The van der Waals surface area contributed by atoms with Crippen molar-refractivity contribution in [1.82, 2.24) is 9.38 Å². The summed E-state index contributed by atoms with van der Waals surface area (Å²) in [5.41, 5.74) is 5.27. The molecule has 2 aromatic carbocycles. The van der Waals surface area contributed by atoms with Crippen molar-refractivity contribution in [1.29, 1.82) is 0 Å². The number of aromatic nitrogens is 2. The third-order valence-electron chi connectivity index (χ3n) is 5.53. The Labute approximate surface area is 193 Å². The van der Waals surface area contributed by atoms with Gasteiger partial charge < -0.3 is 14.5 Å². The summed E-state index contributed by atoms with van der Waals surface area (Å²) in [5.74, 6) is 0.366. The average molecular weight is 446 g/mol. The number of ether oxygens (including phenoxy) is 1.